The van der Waals surface area contributed by atoms with Crippen molar-refractivity contribution in [3.8, 4) is 0 Å². The Hall–Kier alpha value is -2.02. The maximum atomic E-state index is 13.0. The molecule has 162 valence electrons. The van der Waals surface area contributed by atoms with Crippen molar-refractivity contribution in [3.63, 3.8) is 0 Å². The van der Waals surface area contributed by atoms with E-state index in [9.17, 15) is 9.59 Å². The highest BCUT2D eigenvalue weighted by molar-refractivity contribution is 5.95. The van der Waals surface area contributed by atoms with E-state index in [2.05, 4.69) is 24.1 Å². The van der Waals surface area contributed by atoms with Gasteiger partial charge in [-0.25, -0.2) is 9.97 Å². The maximum absolute atomic E-state index is 13.0. The Balaban J connectivity index is 2.13. The Kier molecular flexibility index (Phi) is 9.01. The zero-order valence-electron chi connectivity index (χ0n) is 18.5. The average molecular weight is 405 g/mol. The van der Waals surface area contributed by atoms with Gasteiger partial charge >= 0.3 is 0 Å². The summed E-state index contributed by atoms with van der Waals surface area (Å²) in [5.41, 5.74) is 1.55. The highest BCUT2D eigenvalue weighted by atomic mass is 16.5. The van der Waals surface area contributed by atoms with Crippen LogP contribution >= 0.6 is 0 Å². The van der Waals surface area contributed by atoms with Crippen LogP contribution in [0.1, 0.15) is 87.1 Å². The first-order valence-corrected chi connectivity index (χ1v) is 10.8. The molecule has 2 amide bonds. The number of carbonyl (C=O) groups excluding carboxylic acids is 2. The molecular weight excluding hydrogens is 368 g/mol. The van der Waals surface area contributed by atoms with Crippen molar-refractivity contribution >= 4 is 11.8 Å². The summed E-state index contributed by atoms with van der Waals surface area (Å²) in [6.45, 7) is 10.3. The van der Waals surface area contributed by atoms with Gasteiger partial charge in [0.1, 0.15) is 12.4 Å². The lowest BCUT2D eigenvalue weighted by molar-refractivity contribution is -0.124. The minimum Gasteiger partial charge on any atom is -0.375 e. The fourth-order valence-electron chi connectivity index (χ4n) is 3.92. The van der Waals surface area contributed by atoms with Gasteiger partial charge in [-0.3, -0.25) is 9.59 Å². The third-order valence-electron chi connectivity index (χ3n) is 5.73. The van der Waals surface area contributed by atoms with E-state index < -0.39 is 0 Å². The van der Waals surface area contributed by atoms with Crippen LogP contribution in [0.5, 0.6) is 0 Å². The molecule has 1 fully saturated rings. The van der Waals surface area contributed by atoms with Gasteiger partial charge in [0, 0.05) is 44.8 Å². The van der Waals surface area contributed by atoms with E-state index in [0.29, 0.717) is 31.1 Å². The molecule has 2 rings (SSSR count). The Bertz CT molecular complexity index is 681. The first kappa shape index (κ1) is 23.3. The minimum atomic E-state index is -0.0703. The number of nitrogens with one attached hydrogen (secondary N) is 1. The van der Waals surface area contributed by atoms with Gasteiger partial charge in [0.05, 0.1) is 11.3 Å². The Morgan fingerprint density at radius 2 is 1.86 bits per heavy atom. The molecule has 29 heavy (non-hydrogen) atoms. The Morgan fingerprint density at radius 3 is 2.41 bits per heavy atom. The number of carbonyl (C=O) groups is 2. The van der Waals surface area contributed by atoms with E-state index in [1.54, 1.807) is 6.20 Å². The molecule has 0 unspecified atom stereocenters. The molecule has 7 heteroatoms. The van der Waals surface area contributed by atoms with Gasteiger partial charge in [-0.15, -0.1) is 0 Å². The number of hydrogen-bond donors (Lipinski definition) is 1. The fourth-order valence-corrected chi connectivity index (χ4v) is 3.92. The van der Waals surface area contributed by atoms with Crippen LogP contribution in [0.4, 0.5) is 0 Å². The van der Waals surface area contributed by atoms with E-state index in [4.69, 9.17) is 9.72 Å². The lowest BCUT2D eigenvalue weighted by atomic mass is 9.79. The number of ether oxygens (including phenoxy) is 1. The highest BCUT2D eigenvalue weighted by Gasteiger charge is 2.29. The summed E-state index contributed by atoms with van der Waals surface area (Å²) >= 11 is 0. The Labute approximate surface area is 174 Å². The average Bonchev–Trinajstić information content (AvgIpc) is 2.73. The molecule has 0 bridgehead atoms. The molecule has 0 radical (unpaired) electrons. The fraction of sp³-hybridized carbons (Fsp3) is 0.727. The largest absolute Gasteiger partial charge is 0.375 e. The summed E-state index contributed by atoms with van der Waals surface area (Å²) in [4.78, 5) is 35.8. The van der Waals surface area contributed by atoms with Crippen LogP contribution < -0.4 is 5.32 Å². The molecule has 1 saturated carbocycles. The molecule has 0 atom stereocenters. The molecule has 1 heterocycles. The Morgan fingerprint density at radius 1 is 1.21 bits per heavy atom. The number of nitrogens with zero attached hydrogens (tertiary/aromatic N) is 3. The standard InChI is InChI=1S/C22H36N4O3/c1-6-26(7-2)22(28)18-13-24-21(15(3)4)25-20(18)17-10-8-16(9-11-17)12-23-19(27)14-29-5/h13,15-17H,6-12,14H2,1-5H3,(H,23,27). The number of amides is 2. The normalized spacial score (nSPS) is 19.2. The molecule has 1 aromatic rings. The van der Waals surface area contributed by atoms with Crippen LogP contribution in [-0.2, 0) is 9.53 Å². The third-order valence-corrected chi connectivity index (χ3v) is 5.73. The molecule has 1 aromatic heterocycles. The lowest BCUT2D eigenvalue weighted by Crippen LogP contribution is -2.34. The van der Waals surface area contributed by atoms with Crippen LogP contribution in [0.25, 0.3) is 0 Å². The van der Waals surface area contributed by atoms with E-state index in [1.165, 1.54) is 7.11 Å². The van der Waals surface area contributed by atoms with Gasteiger partial charge < -0.3 is 15.0 Å². The van der Waals surface area contributed by atoms with Crippen molar-refractivity contribution in [2.24, 2.45) is 5.92 Å². The summed E-state index contributed by atoms with van der Waals surface area (Å²) in [5.74, 6) is 1.69. The van der Waals surface area contributed by atoms with Crippen molar-refractivity contribution in [1.29, 1.82) is 0 Å². The van der Waals surface area contributed by atoms with Crippen molar-refractivity contribution in [1.82, 2.24) is 20.2 Å². The minimum absolute atomic E-state index is 0.0225. The predicted molar refractivity (Wildman–Crippen MR) is 113 cm³/mol. The van der Waals surface area contributed by atoms with Gasteiger partial charge in [0.2, 0.25) is 5.91 Å². The smallest absolute Gasteiger partial charge is 0.257 e. The molecule has 0 spiro atoms. The third kappa shape index (κ3) is 6.23. The number of aromatic nitrogens is 2. The SMILES string of the molecule is CCN(CC)C(=O)c1cnc(C(C)C)nc1C1CCC(CNC(=O)COC)CC1. The van der Waals surface area contributed by atoms with E-state index in [-0.39, 0.29) is 30.3 Å². The zero-order valence-corrected chi connectivity index (χ0v) is 18.5. The maximum Gasteiger partial charge on any atom is 0.257 e. The molecule has 0 saturated heterocycles. The van der Waals surface area contributed by atoms with Crippen molar-refractivity contribution in [3.05, 3.63) is 23.3 Å². The van der Waals surface area contributed by atoms with Crippen LogP contribution in [0.3, 0.4) is 0 Å². The first-order valence-electron chi connectivity index (χ1n) is 10.8. The molecule has 0 aromatic carbocycles. The molecule has 7 nitrogen and oxygen atoms in total. The molecular formula is C22H36N4O3. The van der Waals surface area contributed by atoms with Crippen molar-refractivity contribution in [2.75, 3.05) is 33.4 Å². The lowest BCUT2D eigenvalue weighted by Gasteiger charge is -2.30. The van der Waals surface area contributed by atoms with E-state index in [1.807, 2.05) is 18.7 Å². The monoisotopic (exact) mass is 404 g/mol. The highest BCUT2D eigenvalue weighted by Crippen LogP contribution is 2.36. The van der Waals surface area contributed by atoms with E-state index in [0.717, 1.165) is 37.2 Å². The molecule has 0 aliphatic heterocycles. The number of methoxy groups -OCH3 is 1. The zero-order chi connectivity index (χ0) is 21.4. The first-order chi connectivity index (χ1) is 13.9. The predicted octanol–water partition coefficient (Wildman–Crippen LogP) is 3.12. The van der Waals surface area contributed by atoms with Gasteiger partial charge in [-0.1, -0.05) is 13.8 Å². The summed E-state index contributed by atoms with van der Waals surface area (Å²) in [6.07, 6.45) is 5.70. The van der Waals surface area contributed by atoms with Crippen molar-refractivity contribution in [2.45, 2.75) is 65.2 Å². The van der Waals surface area contributed by atoms with E-state index >= 15 is 0 Å². The van der Waals surface area contributed by atoms with Crippen LogP contribution in [0, 0.1) is 5.92 Å². The summed E-state index contributed by atoms with van der Waals surface area (Å²) in [7, 11) is 1.52. The van der Waals surface area contributed by atoms with Crippen LogP contribution in [-0.4, -0.2) is 60.0 Å². The number of hydrogen-bond acceptors (Lipinski definition) is 5. The summed E-state index contributed by atoms with van der Waals surface area (Å²) < 4.78 is 4.86. The van der Waals surface area contributed by atoms with Crippen LogP contribution in [0.2, 0.25) is 0 Å². The van der Waals surface area contributed by atoms with Gasteiger partial charge in [-0.2, -0.15) is 0 Å². The quantitative estimate of drug-likeness (QED) is 0.684. The second kappa shape index (κ2) is 11.2. The molecule has 1 aliphatic rings. The van der Waals surface area contributed by atoms with Crippen molar-refractivity contribution < 1.29 is 14.3 Å². The number of rotatable bonds is 9. The second-order valence-corrected chi connectivity index (χ2v) is 8.11. The van der Waals surface area contributed by atoms with Crippen LogP contribution in [0.15, 0.2) is 6.20 Å². The molecule has 1 aliphatic carbocycles. The van der Waals surface area contributed by atoms with Gasteiger partial charge in [0.25, 0.3) is 5.91 Å². The molecule has 1 N–H and O–H groups in total. The summed E-state index contributed by atoms with van der Waals surface area (Å²) in [5, 5.41) is 2.94. The van der Waals surface area contributed by atoms with Gasteiger partial charge in [0.15, 0.2) is 0 Å². The summed E-state index contributed by atoms with van der Waals surface area (Å²) in [6, 6.07) is 0. The second-order valence-electron chi connectivity index (χ2n) is 8.11. The topological polar surface area (TPSA) is 84.4 Å². The van der Waals surface area contributed by atoms with Gasteiger partial charge in [-0.05, 0) is 45.4 Å².